The highest BCUT2D eigenvalue weighted by Gasteiger charge is 2.15. The number of aryl methyl sites for hydroxylation is 1. The zero-order valence-electron chi connectivity index (χ0n) is 9.90. The summed E-state index contributed by atoms with van der Waals surface area (Å²) in [5.74, 6) is 5.18. The van der Waals surface area contributed by atoms with E-state index in [1.54, 1.807) is 16.9 Å². The molecule has 1 aromatic carbocycles. The molecule has 0 radical (unpaired) electrons. The highest BCUT2D eigenvalue weighted by molar-refractivity contribution is 6.31. The van der Waals surface area contributed by atoms with Crippen LogP contribution < -0.4 is 11.3 Å². The third kappa shape index (κ3) is 2.87. The molecule has 2 aromatic rings. The first kappa shape index (κ1) is 13.0. The zero-order valence-corrected chi connectivity index (χ0v) is 10.7. The molecule has 0 aliphatic rings. The van der Waals surface area contributed by atoms with E-state index in [1.807, 2.05) is 13.2 Å². The highest BCUT2D eigenvalue weighted by atomic mass is 35.5. The van der Waals surface area contributed by atoms with E-state index in [0.717, 1.165) is 11.1 Å². The van der Waals surface area contributed by atoms with Gasteiger partial charge in [-0.05, 0) is 29.7 Å². The maximum atomic E-state index is 13.0. The Balaban J connectivity index is 2.22. The van der Waals surface area contributed by atoms with Gasteiger partial charge in [-0.1, -0.05) is 17.7 Å². The van der Waals surface area contributed by atoms with E-state index in [0.29, 0.717) is 11.4 Å². The van der Waals surface area contributed by atoms with Crippen molar-refractivity contribution in [2.24, 2.45) is 12.9 Å². The summed E-state index contributed by atoms with van der Waals surface area (Å²) >= 11 is 6.02. The molecule has 0 saturated carbocycles. The first-order valence-electron chi connectivity index (χ1n) is 5.48. The van der Waals surface area contributed by atoms with E-state index < -0.39 is 0 Å². The Morgan fingerprint density at radius 2 is 2.33 bits per heavy atom. The summed E-state index contributed by atoms with van der Waals surface area (Å²) in [7, 11) is 1.85. The maximum Gasteiger partial charge on any atom is 0.124 e. The van der Waals surface area contributed by atoms with Crippen molar-refractivity contribution in [2.75, 3.05) is 0 Å². The summed E-state index contributed by atoms with van der Waals surface area (Å²) in [5, 5.41) is 4.45. The number of hydrogen-bond acceptors (Lipinski definition) is 3. The average molecular weight is 269 g/mol. The van der Waals surface area contributed by atoms with Crippen molar-refractivity contribution in [1.82, 2.24) is 15.2 Å². The molecule has 1 heterocycles. The van der Waals surface area contributed by atoms with Crippen LogP contribution in [-0.4, -0.2) is 9.78 Å². The van der Waals surface area contributed by atoms with Crippen molar-refractivity contribution in [2.45, 2.75) is 12.5 Å². The number of benzene rings is 1. The van der Waals surface area contributed by atoms with E-state index >= 15 is 0 Å². The lowest BCUT2D eigenvalue weighted by atomic mass is 10.0. The molecular formula is C12H14ClFN4. The summed E-state index contributed by atoms with van der Waals surface area (Å²) in [5.41, 5.74) is 4.49. The topological polar surface area (TPSA) is 55.9 Å². The van der Waals surface area contributed by atoms with Gasteiger partial charge >= 0.3 is 0 Å². The smallest absolute Gasteiger partial charge is 0.124 e. The molecule has 3 N–H and O–H groups in total. The van der Waals surface area contributed by atoms with Crippen LogP contribution in [0.2, 0.25) is 5.02 Å². The molecule has 96 valence electrons. The Morgan fingerprint density at radius 1 is 1.56 bits per heavy atom. The predicted molar refractivity (Wildman–Crippen MR) is 68.4 cm³/mol. The summed E-state index contributed by atoms with van der Waals surface area (Å²) in [6, 6.07) is 4.11. The van der Waals surface area contributed by atoms with E-state index in [9.17, 15) is 4.39 Å². The third-order valence-electron chi connectivity index (χ3n) is 2.74. The van der Waals surface area contributed by atoms with Crippen LogP contribution in [0.1, 0.15) is 17.2 Å². The Hall–Kier alpha value is -1.43. The molecular weight excluding hydrogens is 255 g/mol. The second-order valence-electron chi connectivity index (χ2n) is 4.11. The monoisotopic (exact) mass is 268 g/mol. The second-order valence-corrected chi connectivity index (χ2v) is 4.52. The summed E-state index contributed by atoms with van der Waals surface area (Å²) < 4.78 is 14.7. The molecule has 1 atom stereocenters. The molecule has 6 heteroatoms. The van der Waals surface area contributed by atoms with Crippen LogP contribution >= 0.6 is 11.6 Å². The average Bonchev–Trinajstić information content (AvgIpc) is 2.72. The molecule has 18 heavy (non-hydrogen) atoms. The maximum absolute atomic E-state index is 13.0. The number of aromatic nitrogens is 2. The minimum absolute atomic E-state index is 0.178. The van der Waals surface area contributed by atoms with Crippen LogP contribution in [0, 0.1) is 5.82 Å². The Kier molecular flexibility index (Phi) is 3.96. The van der Waals surface area contributed by atoms with Gasteiger partial charge in [0.25, 0.3) is 0 Å². The molecule has 0 amide bonds. The van der Waals surface area contributed by atoms with E-state index in [-0.39, 0.29) is 11.9 Å². The van der Waals surface area contributed by atoms with Gasteiger partial charge in [0.1, 0.15) is 5.82 Å². The number of nitrogens with one attached hydrogen (secondary N) is 1. The largest absolute Gasteiger partial charge is 0.276 e. The molecule has 0 fully saturated rings. The number of hydrazine groups is 1. The Bertz CT molecular complexity index is 541. The van der Waals surface area contributed by atoms with Gasteiger partial charge in [-0.15, -0.1) is 0 Å². The molecule has 0 aliphatic carbocycles. The van der Waals surface area contributed by atoms with Gasteiger partial charge in [0.05, 0.1) is 12.2 Å². The zero-order chi connectivity index (χ0) is 13.1. The van der Waals surface area contributed by atoms with Crippen molar-refractivity contribution < 1.29 is 4.39 Å². The number of hydrogen-bond donors (Lipinski definition) is 2. The molecule has 1 aromatic heterocycles. The molecule has 0 spiro atoms. The van der Waals surface area contributed by atoms with Crippen LogP contribution in [0.3, 0.4) is 0 Å². The van der Waals surface area contributed by atoms with Crippen molar-refractivity contribution in [3.63, 3.8) is 0 Å². The summed E-state index contributed by atoms with van der Waals surface area (Å²) in [6.45, 7) is 0. The fourth-order valence-electron chi connectivity index (χ4n) is 1.86. The standard InChI is InChI=1S/C12H14ClFN4/c1-18-7-8(6-16-18)4-12(17-15)10-3-2-9(14)5-11(10)13/h2-3,5-7,12,17H,4,15H2,1H3. The quantitative estimate of drug-likeness (QED) is 0.658. The van der Waals surface area contributed by atoms with E-state index in [1.165, 1.54) is 12.1 Å². The molecule has 1 unspecified atom stereocenters. The molecule has 4 nitrogen and oxygen atoms in total. The van der Waals surface area contributed by atoms with Crippen molar-refractivity contribution in [3.8, 4) is 0 Å². The van der Waals surface area contributed by atoms with Crippen LogP contribution in [0.15, 0.2) is 30.6 Å². The third-order valence-corrected chi connectivity index (χ3v) is 3.06. The number of halogens is 2. The lowest BCUT2D eigenvalue weighted by Gasteiger charge is -2.16. The van der Waals surface area contributed by atoms with Crippen LogP contribution in [0.5, 0.6) is 0 Å². The van der Waals surface area contributed by atoms with Crippen molar-refractivity contribution in [3.05, 3.63) is 52.6 Å². The van der Waals surface area contributed by atoms with Gasteiger partial charge in [0.15, 0.2) is 0 Å². The van der Waals surface area contributed by atoms with Gasteiger partial charge in [0, 0.05) is 18.3 Å². The second kappa shape index (κ2) is 5.48. The van der Waals surface area contributed by atoms with Crippen LogP contribution in [0.4, 0.5) is 4.39 Å². The Morgan fingerprint density at radius 3 is 2.89 bits per heavy atom. The van der Waals surface area contributed by atoms with Crippen LogP contribution in [0.25, 0.3) is 0 Å². The molecule has 0 bridgehead atoms. The normalized spacial score (nSPS) is 12.7. The fraction of sp³-hybridized carbons (Fsp3) is 0.250. The Labute approximate surface area is 110 Å². The highest BCUT2D eigenvalue weighted by Crippen LogP contribution is 2.25. The summed E-state index contributed by atoms with van der Waals surface area (Å²) in [6.07, 6.45) is 4.30. The molecule has 0 aliphatic heterocycles. The lowest BCUT2D eigenvalue weighted by Crippen LogP contribution is -2.29. The predicted octanol–water partition coefficient (Wildman–Crippen LogP) is 1.96. The van der Waals surface area contributed by atoms with Gasteiger partial charge in [-0.2, -0.15) is 5.10 Å². The van der Waals surface area contributed by atoms with Crippen molar-refractivity contribution in [1.29, 1.82) is 0 Å². The fourth-order valence-corrected chi connectivity index (χ4v) is 2.15. The first-order chi connectivity index (χ1) is 8.60. The number of rotatable bonds is 4. The van der Waals surface area contributed by atoms with Gasteiger partial charge < -0.3 is 0 Å². The van der Waals surface area contributed by atoms with Crippen molar-refractivity contribution >= 4 is 11.6 Å². The van der Waals surface area contributed by atoms with Gasteiger partial charge in [-0.25, -0.2) is 4.39 Å². The minimum Gasteiger partial charge on any atom is -0.276 e. The summed E-state index contributed by atoms with van der Waals surface area (Å²) in [4.78, 5) is 0. The first-order valence-corrected chi connectivity index (χ1v) is 5.86. The number of nitrogens with zero attached hydrogens (tertiary/aromatic N) is 2. The van der Waals surface area contributed by atoms with E-state index in [4.69, 9.17) is 17.4 Å². The SMILES string of the molecule is Cn1cc(CC(NN)c2ccc(F)cc2Cl)cn1. The lowest BCUT2D eigenvalue weighted by molar-refractivity contribution is 0.549. The molecule has 0 saturated heterocycles. The van der Waals surface area contributed by atoms with Crippen LogP contribution in [-0.2, 0) is 13.5 Å². The van der Waals surface area contributed by atoms with E-state index in [2.05, 4.69) is 10.5 Å². The minimum atomic E-state index is -0.360. The molecule has 2 rings (SSSR count). The number of nitrogens with two attached hydrogens (primary N) is 1. The van der Waals surface area contributed by atoms with Gasteiger partial charge in [0.2, 0.25) is 0 Å². The van der Waals surface area contributed by atoms with Gasteiger partial charge in [-0.3, -0.25) is 16.0 Å².